The highest BCUT2D eigenvalue weighted by Gasteiger charge is 2.58. The lowest BCUT2D eigenvalue weighted by Gasteiger charge is -2.35. The summed E-state index contributed by atoms with van der Waals surface area (Å²) in [7, 11) is 0. The quantitative estimate of drug-likeness (QED) is 0.811. The number of pyridine rings is 1. The fraction of sp³-hybridized carbons (Fsp3) is 0.667. The van der Waals surface area contributed by atoms with Gasteiger partial charge in [0.2, 0.25) is 5.91 Å². The highest BCUT2D eigenvalue weighted by atomic mass is 35.5. The van der Waals surface area contributed by atoms with Crippen molar-refractivity contribution in [1.82, 2.24) is 20.1 Å². The Kier molecular flexibility index (Phi) is 9.10. The third-order valence-corrected chi connectivity index (χ3v) is 5.88. The average molecular weight is 424 g/mol. The minimum Gasteiger partial charge on any atom is -0.340 e. The van der Waals surface area contributed by atoms with Crippen molar-refractivity contribution in [3.63, 3.8) is 0 Å². The molecule has 1 amide bonds. The molecule has 5 nitrogen and oxygen atoms in total. The molecule has 26 heavy (non-hydrogen) atoms. The Balaban J connectivity index is 0.00000113. The van der Waals surface area contributed by atoms with E-state index < -0.39 is 0 Å². The van der Waals surface area contributed by atoms with Crippen LogP contribution in [0.5, 0.6) is 0 Å². The third kappa shape index (κ3) is 5.02. The molecule has 3 fully saturated rings. The first-order valence-electron chi connectivity index (χ1n) is 8.89. The lowest BCUT2D eigenvalue weighted by molar-refractivity contribution is -0.135. The SMILES string of the molecule is Cl.Cl.Cl.O=C(C1CC12CCNCC2)N1CCN(Cc2ccccn2)CC1. The molecule has 148 valence electrons. The van der Waals surface area contributed by atoms with Crippen molar-refractivity contribution < 1.29 is 4.79 Å². The van der Waals surface area contributed by atoms with Gasteiger partial charge in [0, 0.05) is 44.8 Å². The molecule has 3 aliphatic rings. The molecule has 2 aliphatic heterocycles. The van der Waals surface area contributed by atoms with Crippen molar-refractivity contribution in [1.29, 1.82) is 0 Å². The molecule has 8 heteroatoms. The largest absolute Gasteiger partial charge is 0.340 e. The minimum absolute atomic E-state index is 0. The molecule has 1 atom stereocenters. The Bertz CT molecular complexity index is 561. The number of carbonyl (C=O) groups is 1. The first-order chi connectivity index (χ1) is 11.3. The van der Waals surface area contributed by atoms with Crippen LogP contribution in [0.3, 0.4) is 0 Å². The van der Waals surface area contributed by atoms with E-state index in [2.05, 4.69) is 26.2 Å². The predicted molar refractivity (Wildman–Crippen MR) is 110 cm³/mol. The molecule has 0 aromatic carbocycles. The second kappa shape index (κ2) is 10.1. The van der Waals surface area contributed by atoms with Crippen LogP contribution in [0.25, 0.3) is 0 Å². The minimum atomic E-state index is 0. The maximum Gasteiger partial charge on any atom is 0.226 e. The Morgan fingerprint density at radius 2 is 1.81 bits per heavy atom. The molecule has 1 aromatic heterocycles. The van der Waals surface area contributed by atoms with Crippen molar-refractivity contribution >= 4 is 43.1 Å². The van der Waals surface area contributed by atoms with E-state index in [1.54, 1.807) is 0 Å². The van der Waals surface area contributed by atoms with Crippen LogP contribution < -0.4 is 5.32 Å². The molecule has 1 saturated carbocycles. The molecule has 1 unspecified atom stereocenters. The molecule has 1 N–H and O–H groups in total. The molecule has 1 aromatic rings. The maximum absolute atomic E-state index is 12.8. The smallest absolute Gasteiger partial charge is 0.226 e. The van der Waals surface area contributed by atoms with Crippen LogP contribution >= 0.6 is 37.2 Å². The van der Waals surface area contributed by atoms with Crippen LogP contribution in [-0.4, -0.2) is 60.0 Å². The number of hydrogen-bond acceptors (Lipinski definition) is 4. The lowest BCUT2D eigenvalue weighted by atomic mass is 9.91. The Hall–Kier alpha value is -0.590. The monoisotopic (exact) mass is 422 g/mol. The Labute approximate surface area is 174 Å². The highest BCUT2D eigenvalue weighted by molar-refractivity contribution is 5.86. The number of carbonyl (C=O) groups excluding carboxylic acids is 1. The molecule has 1 aliphatic carbocycles. The number of piperidine rings is 1. The summed E-state index contributed by atoms with van der Waals surface area (Å²) in [6, 6.07) is 6.06. The summed E-state index contributed by atoms with van der Waals surface area (Å²) in [4.78, 5) is 21.7. The number of hydrogen-bond donors (Lipinski definition) is 1. The zero-order chi connectivity index (χ0) is 15.7. The second-order valence-electron chi connectivity index (χ2n) is 7.29. The van der Waals surface area contributed by atoms with E-state index >= 15 is 0 Å². The van der Waals surface area contributed by atoms with E-state index in [0.717, 1.165) is 57.9 Å². The van der Waals surface area contributed by atoms with Gasteiger partial charge in [0.15, 0.2) is 0 Å². The van der Waals surface area contributed by atoms with Crippen LogP contribution in [0.4, 0.5) is 0 Å². The summed E-state index contributed by atoms with van der Waals surface area (Å²) in [6.45, 7) is 6.73. The van der Waals surface area contributed by atoms with E-state index in [9.17, 15) is 4.79 Å². The van der Waals surface area contributed by atoms with Crippen LogP contribution in [0, 0.1) is 11.3 Å². The Morgan fingerprint density at radius 3 is 2.42 bits per heavy atom. The number of halogens is 3. The average Bonchev–Trinajstić information content (AvgIpc) is 3.29. The van der Waals surface area contributed by atoms with E-state index in [-0.39, 0.29) is 37.2 Å². The fourth-order valence-electron chi connectivity index (χ4n) is 4.24. The van der Waals surface area contributed by atoms with E-state index in [1.165, 1.54) is 12.8 Å². The van der Waals surface area contributed by atoms with Gasteiger partial charge in [0.25, 0.3) is 0 Å². The van der Waals surface area contributed by atoms with Gasteiger partial charge >= 0.3 is 0 Å². The molecule has 2 saturated heterocycles. The number of piperazine rings is 1. The Morgan fingerprint density at radius 1 is 1.12 bits per heavy atom. The van der Waals surface area contributed by atoms with Gasteiger partial charge in [0.1, 0.15) is 0 Å². The number of rotatable bonds is 3. The summed E-state index contributed by atoms with van der Waals surface area (Å²) in [5.41, 5.74) is 1.47. The number of nitrogens with zero attached hydrogens (tertiary/aromatic N) is 3. The first-order valence-corrected chi connectivity index (χ1v) is 8.89. The van der Waals surface area contributed by atoms with Crippen molar-refractivity contribution in [2.75, 3.05) is 39.3 Å². The van der Waals surface area contributed by atoms with Gasteiger partial charge in [-0.1, -0.05) is 6.07 Å². The first kappa shape index (κ1) is 23.4. The summed E-state index contributed by atoms with van der Waals surface area (Å²) >= 11 is 0. The molecular weight excluding hydrogens is 395 g/mol. The zero-order valence-electron chi connectivity index (χ0n) is 14.9. The van der Waals surface area contributed by atoms with Crippen molar-refractivity contribution in [3.8, 4) is 0 Å². The molecule has 4 rings (SSSR count). The molecule has 1 spiro atoms. The van der Waals surface area contributed by atoms with Gasteiger partial charge in [-0.05, 0) is 49.9 Å². The summed E-state index contributed by atoms with van der Waals surface area (Å²) < 4.78 is 0. The van der Waals surface area contributed by atoms with E-state index in [0.29, 0.717) is 17.2 Å². The van der Waals surface area contributed by atoms with Crippen molar-refractivity contribution in [3.05, 3.63) is 30.1 Å². The standard InChI is InChI=1S/C18H26N4O.3ClH/c23-17(16-13-18(16)4-7-19-8-5-18)22-11-9-21(10-12-22)14-15-3-1-2-6-20-15;;;/h1-3,6,16,19H,4-5,7-14H2;3*1H. The van der Waals surface area contributed by atoms with E-state index in [4.69, 9.17) is 0 Å². The van der Waals surface area contributed by atoms with Gasteiger partial charge in [-0.3, -0.25) is 14.7 Å². The van der Waals surface area contributed by atoms with Crippen molar-refractivity contribution in [2.24, 2.45) is 11.3 Å². The lowest BCUT2D eigenvalue weighted by Crippen LogP contribution is -2.49. The van der Waals surface area contributed by atoms with Crippen LogP contribution in [0.2, 0.25) is 0 Å². The number of aromatic nitrogens is 1. The highest BCUT2D eigenvalue weighted by Crippen LogP contribution is 2.59. The summed E-state index contributed by atoms with van der Waals surface area (Å²) in [5.74, 6) is 0.733. The molecule has 0 bridgehead atoms. The van der Waals surface area contributed by atoms with Gasteiger partial charge in [-0.25, -0.2) is 0 Å². The van der Waals surface area contributed by atoms with Gasteiger partial charge in [-0.15, -0.1) is 37.2 Å². The van der Waals surface area contributed by atoms with Crippen LogP contribution in [0.1, 0.15) is 25.0 Å². The van der Waals surface area contributed by atoms with Gasteiger partial charge in [-0.2, -0.15) is 0 Å². The fourth-order valence-corrected chi connectivity index (χ4v) is 4.24. The topological polar surface area (TPSA) is 48.5 Å². The third-order valence-electron chi connectivity index (χ3n) is 5.88. The van der Waals surface area contributed by atoms with E-state index in [1.807, 2.05) is 18.3 Å². The maximum atomic E-state index is 12.8. The molecule has 3 heterocycles. The van der Waals surface area contributed by atoms with Gasteiger partial charge in [0.05, 0.1) is 5.69 Å². The molecular formula is C18H29Cl3N4O. The van der Waals surface area contributed by atoms with Gasteiger partial charge < -0.3 is 10.2 Å². The molecule has 0 radical (unpaired) electrons. The van der Waals surface area contributed by atoms with Crippen LogP contribution in [0.15, 0.2) is 24.4 Å². The second-order valence-corrected chi connectivity index (χ2v) is 7.29. The number of nitrogens with one attached hydrogen (secondary N) is 1. The van der Waals surface area contributed by atoms with Crippen molar-refractivity contribution in [2.45, 2.75) is 25.8 Å². The van der Waals surface area contributed by atoms with Crippen LogP contribution in [-0.2, 0) is 11.3 Å². The summed E-state index contributed by atoms with van der Waals surface area (Å²) in [5, 5.41) is 3.41. The predicted octanol–water partition coefficient (Wildman–Crippen LogP) is 2.38. The zero-order valence-corrected chi connectivity index (χ0v) is 17.4. The number of amides is 1. The summed E-state index contributed by atoms with van der Waals surface area (Å²) in [6.07, 6.45) is 5.34. The normalized spacial score (nSPS) is 24.0.